The predicted octanol–water partition coefficient (Wildman–Crippen LogP) is 3.00. The number of alkyl halides is 3. The molecule has 0 aromatic carbocycles. The molecule has 2 saturated heterocycles. The fraction of sp³-hybridized carbons (Fsp3) is 0.667. The lowest BCUT2D eigenvalue weighted by atomic mass is 10.1. The van der Waals surface area contributed by atoms with Crippen molar-refractivity contribution in [3.05, 3.63) is 29.2 Å². The molecule has 2 aliphatic rings. The highest BCUT2D eigenvalue weighted by molar-refractivity contribution is 7.86. The van der Waals surface area contributed by atoms with E-state index in [0.717, 1.165) is 23.4 Å². The molecule has 2 fully saturated rings. The number of hydrogen-bond acceptors (Lipinski definition) is 4. The van der Waals surface area contributed by atoms with Gasteiger partial charge in [-0.2, -0.15) is 35.3 Å². The van der Waals surface area contributed by atoms with Crippen LogP contribution >= 0.6 is 0 Å². The van der Waals surface area contributed by atoms with E-state index in [1.54, 1.807) is 19.9 Å². The van der Waals surface area contributed by atoms with Crippen LogP contribution in [0.5, 0.6) is 0 Å². The zero-order valence-electron chi connectivity index (χ0n) is 16.4. The Morgan fingerprint density at radius 1 is 1.10 bits per heavy atom. The van der Waals surface area contributed by atoms with Gasteiger partial charge in [-0.3, -0.25) is 0 Å². The first-order chi connectivity index (χ1) is 13.6. The van der Waals surface area contributed by atoms with Gasteiger partial charge in [0.1, 0.15) is 5.69 Å². The van der Waals surface area contributed by atoms with Crippen LogP contribution in [0.1, 0.15) is 62.0 Å². The molecule has 11 heteroatoms. The monoisotopic (exact) mass is 431 g/mol. The smallest absolute Gasteiger partial charge is 0.233 e. The Balaban J connectivity index is 1.65. The minimum absolute atomic E-state index is 0.138. The predicted molar refractivity (Wildman–Crippen MR) is 101 cm³/mol. The van der Waals surface area contributed by atoms with Crippen molar-refractivity contribution in [3.63, 3.8) is 0 Å². The lowest BCUT2D eigenvalue weighted by molar-refractivity contribution is -0.142. The third kappa shape index (κ3) is 3.75. The topological polar surface area (TPSA) is 70.8 Å². The van der Waals surface area contributed by atoms with Crippen LogP contribution in [-0.2, 0) is 16.4 Å². The number of rotatable bonds is 4. The summed E-state index contributed by atoms with van der Waals surface area (Å²) in [5.41, 5.74) is 0.0697. The minimum atomic E-state index is -4.56. The van der Waals surface area contributed by atoms with Gasteiger partial charge in [0, 0.05) is 43.9 Å². The summed E-state index contributed by atoms with van der Waals surface area (Å²) in [6.07, 6.45) is -2.33. The van der Waals surface area contributed by atoms with Crippen molar-refractivity contribution in [2.45, 2.75) is 51.1 Å². The second-order valence-corrected chi connectivity index (χ2v) is 9.94. The average Bonchev–Trinajstić information content (AvgIpc) is 3.38. The third-order valence-corrected chi connectivity index (χ3v) is 7.64. The van der Waals surface area contributed by atoms with Gasteiger partial charge in [-0.15, -0.1) is 0 Å². The summed E-state index contributed by atoms with van der Waals surface area (Å²) < 4.78 is 69.9. The average molecular weight is 431 g/mol. The zero-order valence-corrected chi connectivity index (χ0v) is 17.2. The second-order valence-electron chi connectivity index (χ2n) is 8.02. The molecule has 29 heavy (non-hydrogen) atoms. The van der Waals surface area contributed by atoms with Gasteiger partial charge in [-0.05, 0) is 31.2 Å². The molecule has 0 amide bonds. The van der Waals surface area contributed by atoms with Crippen LogP contribution < -0.4 is 0 Å². The Morgan fingerprint density at radius 2 is 1.79 bits per heavy atom. The largest absolute Gasteiger partial charge is 0.433 e. The summed E-state index contributed by atoms with van der Waals surface area (Å²) in [5, 5.41) is 4.17. The second kappa shape index (κ2) is 7.21. The maximum Gasteiger partial charge on any atom is 0.433 e. The SMILES string of the molecule is CC(C)c1cc(C(F)(F)F)n2nc([C@@H]3CCN(S(=O)(=O)N4CCCC4)C3)cc2n1. The van der Waals surface area contributed by atoms with Gasteiger partial charge in [0.2, 0.25) is 0 Å². The van der Waals surface area contributed by atoms with Crippen molar-refractivity contribution in [2.75, 3.05) is 26.2 Å². The summed E-state index contributed by atoms with van der Waals surface area (Å²) in [5.74, 6) is -0.412. The highest BCUT2D eigenvalue weighted by Crippen LogP contribution is 2.34. The molecule has 2 aliphatic heterocycles. The standard InChI is InChI=1S/C18H24F3N5O2S/c1-12(2)14-9-16(18(19,20)21)26-17(22-14)10-15(23-26)13-5-8-25(11-13)29(27,28)24-6-3-4-7-24/h9-10,12-13H,3-8,11H2,1-2H3/t13-/m1/s1. The van der Waals surface area contributed by atoms with Crippen LogP contribution in [0.4, 0.5) is 13.2 Å². The molecular weight excluding hydrogens is 407 g/mol. The molecule has 0 aliphatic carbocycles. The minimum Gasteiger partial charge on any atom is -0.233 e. The lowest BCUT2D eigenvalue weighted by Gasteiger charge is -2.23. The third-order valence-electron chi connectivity index (χ3n) is 5.63. The van der Waals surface area contributed by atoms with E-state index in [1.807, 2.05) is 0 Å². The van der Waals surface area contributed by atoms with E-state index >= 15 is 0 Å². The van der Waals surface area contributed by atoms with Gasteiger partial charge in [-0.25, -0.2) is 9.50 Å². The Kier molecular flexibility index (Phi) is 5.11. The maximum atomic E-state index is 13.6. The van der Waals surface area contributed by atoms with Crippen molar-refractivity contribution < 1.29 is 21.6 Å². The van der Waals surface area contributed by atoms with E-state index in [0.29, 0.717) is 37.4 Å². The van der Waals surface area contributed by atoms with Crippen LogP contribution in [0.2, 0.25) is 0 Å². The number of halogens is 3. The Hall–Kier alpha value is -1.72. The van der Waals surface area contributed by atoms with Gasteiger partial charge in [0.15, 0.2) is 5.65 Å². The van der Waals surface area contributed by atoms with Crippen molar-refractivity contribution in [1.82, 2.24) is 23.2 Å². The molecule has 1 atom stereocenters. The molecule has 0 bridgehead atoms. The van der Waals surface area contributed by atoms with Crippen LogP contribution in [-0.4, -0.2) is 57.8 Å². The first kappa shape index (κ1) is 20.5. The Bertz CT molecular complexity index is 1010. The number of aromatic nitrogens is 3. The summed E-state index contributed by atoms with van der Waals surface area (Å²) in [6.45, 7) is 5.18. The molecule has 2 aromatic heterocycles. The number of fused-ring (bicyclic) bond motifs is 1. The molecule has 0 unspecified atom stereocenters. The summed E-state index contributed by atoms with van der Waals surface area (Å²) >= 11 is 0. The lowest BCUT2D eigenvalue weighted by Crippen LogP contribution is -2.41. The van der Waals surface area contributed by atoms with Crippen molar-refractivity contribution in [3.8, 4) is 0 Å². The van der Waals surface area contributed by atoms with E-state index in [1.165, 1.54) is 8.61 Å². The van der Waals surface area contributed by atoms with E-state index < -0.39 is 22.1 Å². The molecule has 160 valence electrons. The van der Waals surface area contributed by atoms with Gasteiger partial charge >= 0.3 is 6.18 Å². The van der Waals surface area contributed by atoms with Crippen molar-refractivity contribution in [2.24, 2.45) is 0 Å². The quantitative estimate of drug-likeness (QED) is 0.746. The van der Waals surface area contributed by atoms with Crippen LogP contribution in [0.3, 0.4) is 0 Å². The van der Waals surface area contributed by atoms with E-state index in [4.69, 9.17) is 0 Å². The van der Waals surface area contributed by atoms with Crippen LogP contribution in [0, 0.1) is 0 Å². The van der Waals surface area contributed by atoms with E-state index in [-0.39, 0.29) is 24.0 Å². The molecule has 7 nitrogen and oxygen atoms in total. The number of nitrogens with zero attached hydrogens (tertiary/aromatic N) is 5. The Labute approximate surface area is 167 Å². The molecule has 0 radical (unpaired) electrons. The number of hydrogen-bond donors (Lipinski definition) is 0. The van der Waals surface area contributed by atoms with Gasteiger partial charge in [0.25, 0.3) is 10.2 Å². The molecule has 0 N–H and O–H groups in total. The van der Waals surface area contributed by atoms with Crippen molar-refractivity contribution >= 4 is 15.9 Å². The van der Waals surface area contributed by atoms with E-state index in [2.05, 4.69) is 10.1 Å². The van der Waals surface area contributed by atoms with E-state index in [9.17, 15) is 21.6 Å². The summed E-state index contributed by atoms with van der Waals surface area (Å²) in [4.78, 5) is 4.33. The molecule has 4 heterocycles. The molecule has 2 aromatic rings. The first-order valence-electron chi connectivity index (χ1n) is 9.80. The molecule has 0 saturated carbocycles. The van der Waals surface area contributed by atoms with Crippen molar-refractivity contribution in [1.29, 1.82) is 0 Å². The van der Waals surface area contributed by atoms with Crippen LogP contribution in [0.15, 0.2) is 12.1 Å². The van der Waals surface area contributed by atoms with Gasteiger partial charge in [0.05, 0.1) is 5.69 Å². The normalized spacial score (nSPS) is 22.3. The summed E-state index contributed by atoms with van der Waals surface area (Å²) in [7, 11) is -3.52. The summed E-state index contributed by atoms with van der Waals surface area (Å²) in [6, 6.07) is 2.59. The zero-order chi connectivity index (χ0) is 21.0. The fourth-order valence-electron chi connectivity index (χ4n) is 3.97. The van der Waals surface area contributed by atoms with Crippen LogP contribution in [0.25, 0.3) is 5.65 Å². The fourth-order valence-corrected chi connectivity index (χ4v) is 5.72. The Morgan fingerprint density at radius 3 is 2.41 bits per heavy atom. The van der Waals surface area contributed by atoms with Gasteiger partial charge < -0.3 is 0 Å². The first-order valence-corrected chi connectivity index (χ1v) is 11.2. The molecular formula is C18H24F3N5O2S. The molecule has 4 rings (SSSR count). The van der Waals surface area contributed by atoms with Gasteiger partial charge in [-0.1, -0.05) is 13.8 Å². The highest BCUT2D eigenvalue weighted by atomic mass is 32.2. The maximum absolute atomic E-state index is 13.6. The molecule has 0 spiro atoms. The highest BCUT2D eigenvalue weighted by Gasteiger charge is 2.39.